The second-order valence-electron chi connectivity index (χ2n) is 9.12. The van der Waals surface area contributed by atoms with E-state index in [0.29, 0.717) is 31.7 Å². The number of ether oxygens (including phenoxy) is 1. The molecule has 2 fully saturated rings. The highest BCUT2D eigenvalue weighted by Gasteiger charge is 2.41. The Morgan fingerprint density at radius 2 is 2.06 bits per heavy atom. The fourth-order valence-electron chi connectivity index (χ4n) is 5.16. The van der Waals surface area contributed by atoms with Crippen molar-refractivity contribution in [1.29, 1.82) is 0 Å². The van der Waals surface area contributed by atoms with E-state index in [4.69, 9.17) is 14.6 Å². The number of nitrogens with zero attached hydrogens (tertiary/aromatic N) is 3. The number of pyridine rings is 1. The Morgan fingerprint density at radius 1 is 1.31 bits per heavy atom. The lowest BCUT2D eigenvalue weighted by Gasteiger charge is -2.32. The lowest BCUT2D eigenvalue weighted by molar-refractivity contribution is -0.145. The van der Waals surface area contributed by atoms with Gasteiger partial charge in [-0.15, -0.1) is 0 Å². The average molecular weight is 442 g/mol. The molecule has 1 spiro atoms. The van der Waals surface area contributed by atoms with Crippen molar-refractivity contribution >= 4 is 28.4 Å². The molecule has 9 nitrogen and oxygen atoms in total. The summed E-state index contributed by atoms with van der Waals surface area (Å²) in [6, 6.07) is 0.320. The summed E-state index contributed by atoms with van der Waals surface area (Å²) >= 11 is 0. The fourth-order valence-corrected chi connectivity index (χ4v) is 5.16. The number of nitrogens with one attached hydrogen (secondary N) is 2. The number of aromatic nitrogens is 3. The zero-order chi connectivity index (χ0) is 22.3. The molecule has 0 aromatic carbocycles. The lowest BCUT2D eigenvalue weighted by atomic mass is 9.78. The number of aliphatic carboxylic acids is 1. The Kier molecular flexibility index (Phi) is 5.54. The minimum atomic E-state index is -0.712. The van der Waals surface area contributed by atoms with E-state index in [1.807, 2.05) is 17.8 Å². The van der Waals surface area contributed by atoms with E-state index in [1.165, 1.54) is 0 Å². The number of carboxylic acids is 1. The van der Waals surface area contributed by atoms with E-state index < -0.39 is 11.6 Å². The van der Waals surface area contributed by atoms with Crippen LogP contribution < -0.4 is 10.8 Å². The average Bonchev–Trinajstić information content (AvgIpc) is 3.39. The van der Waals surface area contributed by atoms with Gasteiger partial charge in [0, 0.05) is 31.4 Å². The molecular formula is C23H31N5O4. The van der Waals surface area contributed by atoms with Crippen LogP contribution in [0.3, 0.4) is 0 Å². The van der Waals surface area contributed by atoms with Crippen molar-refractivity contribution in [3.63, 3.8) is 0 Å². The highest BCUT2D eigenvalue weighted by molar-refractivity contribution is 5.97. The summed E-state index contributed by atoms with van der Waals surface area (Å²) < 4.78 is 7.47. The molecule has 1 aliphatic carbocycles. The van der Waals surface area contributed by atoms with Gasteiger partial charge in [-0.25, -0.2) is 9.67 Å². The number of carboxylic acid groups (broad SMARTS) is 1. The van der Waals surface area contributed by atoms with Crippen LogP contribution in [0.15, 0.2) is 12.3 Å². The van der Waals surface area contributed by atoms with Crippen LogP contribution >= 0.6 is 0 Å². The van der Waals surface area contributed by atoms with Crippen molar-refractivity contribution in [2.75, 3.05) is 18.5 Å². The first kappa shape index (κ1) is 21.2. The minimum Gasteiger partial charge on any atom is -0.481 e. The SMILES string of the molecule is CCn1ncc2c(NC3CCOCC3)c(C3=CC4(CCC(C(=O)O)CC4)ON3)c(C)nc21. The van der Waals surface area contributed by atoms with Crippen molar-refractivity contribution in [2.24, 2.45) is 5.92 Å². The van der Waals surface area contributed by atoms with Gasteiger partial charge in [0.2, 0.25) is 0 Å². The Balaban J connectivity index is 1.53. The molecule has 3 aliphatic rings. The van der Waals surface area contributed by atoms with Crippen LogP contribution in [-0.2, 0) is 20.9 Å². The number of hydrogen-bond acceptors (Lipinski definition) is 7. The van der Waals surface area contributed by atoms with E-state index in [1.54, 1.807) is 0 Å². The van der Waals surface area contributed by atoms with Crippen LogP contribution in [0.1, 0.15) is 56.7 Å². The number of hydroxylamine groups is 1. The zero-order valence-electron chi connectivity index (χ0n) is 18.7. The number of fused-ring (bicyclic) bond motifs is 1. The topological polar surface area (TPSA) is 111 Å². The highest BCUT2D eigenvalue weighted by atomic mass is 16.7. The van der Waals surface area contributed by atoms with Gasteiger partial charge in [-0.2, -0.15) is 5.10 Å². The smallest absolute Gasteiger partial charge is 0.306 e. The van der Waals surface area contributed by atoms with Gasteiger partial charge in [0.25, 0.3) is 0 Å². The van der Waals surface area contributed by atoms with Crippen molar-refractivity contribution in [1.82, 2.24) is 20.2 Å². The van der Waals surface area contributed by atoms with Gasteiger partial charge in [0.05, 0.1) is 34.6 Å². The third-order valence-electron chi connectivity index (χ3n) is 7.06. The second kappa shape index (κ2) is 8.37. The minimum absolute atomic E-state index is 0.285. The predicted molar refractivity (Wildman–Crippen MR) is 120 cm³/mol. The summed E-state index contributed by atoms with van der Waals surface area (Å²) in [6.45, 7) is 6.35. The lowest BCUT2D eigenvalue weighted by Crippen LogP contribution is -2.36. The monoisotopic (exact) mass is 441 g/mol. The van der Waals surface area contributed by atoms with Crippen LogP contribution in [0.25, 0.3) is 16.7 Å². The molecule has 2 aliphatic heterocycles. The molecule has 0 amide bonds. The molecular weight excluding hydrogens is 410 g/mol. The molecule has 1 saturated heterocycles. The van der Waals surface area contributed by atoms with Gasteiger partial charge in [0.1, 0.15) is 5.60 Å². The standard InChI is InChI=1S/C23H31N5O4/c1-3-28-21-17(13-24-28)20(26-16-6-10-31-11-7-16)19(14(2)25-21)18-12-23(32-27-18)8-4-15(5-9-23)22(29)30/h12-13,15-16,27H,3-11H2,1-2H3,(H,25,26)(H,29,30). The molecule has 0 atom stereocenters. The van der Waals surface area contributed by atoms with Crippen molar-refractivity contribution in [2.45, 2.75) is 70.6 Å². The molecule has 0 radical (unpaired) electrons. The number of hydrogen-bond donors (Lipinski definition) is 3. The quantitative estimate of drug-likeness (QED) is 0.649. The molecule has 2 aromatic heterocycles. The molecule has 1 saturated carbocycles. The first-order valence-electron chi connectivity index (χ1n) is 11.6. The molecule has 5 rings (SSSR count). The molecule has 0 bridgehead atoms. The summed E-state index contributed by atoms with van der Waals surface area (Å²) in [4.78, 5) is 22.3. The molecule has 4 heterocycles. The predicted octanol–water partition coefficient (Wildman–Crippen LogP) is 3.24. The van der Waals surface area contributed by atoms with E-state index >= 15 is 0 Å². The van der Waals surface area contributed by atoms with Crippen LogP contribution in [-0.4, -0.2) is 50.7 Å². The molecule has 9 heteroatoms. The van der Waals surface area contributed by atoms with Crippen LogP contribution in [0, 0.1) is 12.8 Å². The number of rotatable bonds is 5. The first-order valence-corrected chi connectivity index (χ1v) is 11.6. The fraction of sp³-hybridized carbons (Fsp3) is 0.609. The summed E-state index contributed by atoms with van der Waals surface area (Å²) in [5, 5.41) is 18.7. The maximum Gasteiger partial charge on any atom is 0.306 e. The second-order valence-corrected chi connectivity index (χ2v) is 9.12. The third-order valence-corrected chi connectivity index (χ3v) is 7.06. The summed E-state index contributed by atoms with van der Waals surface area (Å²) in [6.07, 6.45) is 8.54. The van der Waals surface area contributed by atoms with Gasteiger partial charge in [0.15, 0.2) is 5.65 Å². The van der Waals surface area contributed by atoms with E-state index in [0.717, 1.165) is 66.3 Å². The van der Waals surface area contributed by atoms with E-state index in [-0.39, 0.29) is 5.92 Å². The van der Waals surface area contributed by atoms with Gasteiger partial charge in [-0.05, 0) is 58.4 Å². The Morgan fingerprint density at radius 3 is 2.75 bits per heavy atom. The maximum atomic E-state index is 11.4. The van der Waals surface area contributed by atoms with Crippen molar-refractivity contribution in [3.8, 4) is 0 Å². The van der Waals surface area contributed by atoms with E-state index in [2.05, 4.69) is 28.9 Å². The molecule has 32 heavy (non-hydrogen) atoms. The van der Waals surface area contributed by atoms with Crippen LogP contribution in [0.5, 0.6) is 0 Å². The molecule has 172 valence electrons. The summed E-state index contributed by atoms with van der Waals surface area (Å²) in [5.41, 5.74) is 7.39. The normalized spacial score (nSPS) is 26.3. The van der Waals surface area contributed by atoms with Gasteiger partial charge in [-0.1, -0.05) is 0 Å². The number of anilines is 1. The largest absolute Gasteiger partial charge is 0.481 e. The van der Waals surface area contributed by atoms with Gasteiger partial charge < -0.3 is 15.2 Å². The summed E-state index contributed by atoms with van der Waals surface area (Å²) in [7, 11) is 0. The van der Waals surface area contributed by atoms with Crippen molar-refractivity contribution in [3.05, 3.63) is 23.5 Å². The van der Waals surface area contributed by atoms with Crippen LogP contribution in [0.4, 0.5) is 5.69 Å². The highest BCUT2D eigenvalue weighted by Crippen LogP contribution is 2.43. The van der Waals surface area contributed by atoms with Crippen molar-refractivity contribution < 1.29 is 19.5 Å². The van der Waals surface area contributed by atoms with Crippen LogP contribution in [0.2, 0.25) is 0 Å². The summed E-state index contributed by atoms with van der Waals surface area (Å²) in [5.74, 6) is -0.997. The van der Waals surface area contributed by atoms with E-state index in [9.17, 15) is 9.90 Å². The van der Waals surface area contributed by atoms with Gasteiger partial charge in [-0.3, -0.25) is 15.1 Å². The maximum absolute atomic E-state index is 11.4. The zero-order valence-corrected chi connectivity index (χ0v) is 18.7. The Hall–Kier alpha value is -2.65. The third kappa shape index (κ3) is 3.73. The Labute approximate surface area is 187 Å². The van der Waals surface area contributed by atoms with Gasteiger partial charge >= 0.3 is 5.97 Å². The molecule has 0 unspecified atom stereocenters. The number of carbonyl (C=O) groups is 1. The Bertz CT molecular complexity index is 1050. The molecule has 3 N–H and O–H groups in total. The number of aryl methyl sites for hydroxylation is 2. The first-order chi connectivity index (χ1) is 15.5. The molecule has 2 aromatic rings.